The van der Waals surface area contributed by atoms with Gasteiger partial charge >= 0.3 is 11.9 Å². The van der Waals surface area contributed by atoms with E-state index in [1.165, 1.54) is 0 Å². The van der Waals surface area contributed by atoms with E-state index in [1.54, 1.807) is 11.8 Å². The first-order chi connectivity index (χ1) is 8.65. The average molecular weight is 293 g/mol. The normalized spacial score (nSPS) is 14.8. The molecule has 0 rings (SSSR count). The summed E-state index contributed by atoms with van der Waals surface area (Å²) in [6, 6.07) is -0.684. The number of hydrogen-bond acceptors (Lipinski definition) is 5. The third-order valence-corrected chi connectivity index (χ3v) is 3.02. The smallest absolute Gasteiger partial charge is 0.323 e. The van der Waals surface area contributed by atoms with Gasteiger partial charge in [0.15, 0.2) is 6.10 Å². The van der Waals surface area contributed by atoms with Crippen LogP contribution in [0.5, 0.6) is 0 Å². The number of carboxylic acids is 1. The predicted molar refractivity (Wildman–Crippen MR) is 76.0 cm³/mol. The number of carbonyl (C=O) groups excluding carboxylic acids is 1. The summed E-state index contributed by atoms with van der Waals surface area (Å²) < 4.78 is 5.75. The number of ether oxygens (including phenoxy) is 1. The molecule has 0 unspecified atom stereocenters. The molecule has 0 aliphatic heterocycles. The molecular formula is C12H25N2O4S+. The van der Waals surface area contributed by atoms with Crippen LogP contribution in [0.2, 0.25) is 0 Å². The number of nitrogens with two attached hydrogens (primary N) is 1. The van der Waals surface area contributed by atoms with Crippen LogP contribution in [0.3, 0.4) is 0 Å². The molecule has 0 aliphatic rings. The zero-order chi connectivity index (χ0) is 15.1. The lowest BCUT2D eigenvalue weighted by Crippen LogP contribution is -2.45. The van der Waals surface area contributed by atoms with Crippen LogP contribution in [0.25, 0.3) is 0 Å². The van der Waals surface area contributed by atoms with Crippen molar-refractivity contribution >= 4 is 23.7 Å². The molecule has 3 N–H and O–H groups in total. The molecule has 0 saturated heterocycles. The van der Waals surface area contributed by atoms with E-state index in [1.807, 2.05) is 27.4 Å². The molecule has 0 aromatic heterocycles. The number of carbonyl (C=O) groups is 2. The summed E-state index contributed by atoms with van der Waals surface area (Å²) in [5, 5.41) is 8.84. The summed E-state index contributed by atoms with van der Waals surface area (Å²) in [6.07, 6.45) is 1.62. The van der Waals surface area contributed by atoms with E-state index in [0.717, 1.165) is 5.75 Å². The Morgan fingerprint density at radius 3 is 2.37 bits per heavy atom. The third kappa shape index (κ3) is 9.75. The highest BCUT2D eigenvalue weighted by molar-refractivity contribution is 7.98. The van der Waals surface area contributed by atoms with E-state index in [9.17, 15) is 9.59 Å². The Hall–Kier alpha value is -0.790. The summed E-state index contributed by atoms with van der Waals surface area (Å²) in [4.78, 5) is 22.6. The minimum Gasteiger partial charge on any atom is -0.481 e. The van der Waals surface area contributed by atoms with Crippen molar-refractivity contribution in [1.29, 1.82) is 0 Å². The molecular weight excluding hydrogens is 268 g/mol. The van der Waals surface area contributed by atoms with Crippen molar-refractivity contribution in [2.45, 2.75) is 25.0 Å². The second-order valence-corrected chi connectivity index (χ2v) is 6.50. The van der Waals surface area contributed by atoms with Gasteiger partial charge in [0.1, 0.15) is 12.6 Å². The molecule has 112 valence electrons. The van der Waals surface area contributed by atoms with Crippen LogP contribution >= 0.6 is 11.8 Å². The Balaban J connectivity index is 4.45. The predicted octanol–water partition coefficient (Wildman–Crippen LogP) is 0.160. The number of nitrogens with zero attached hydrogens (tertiary/aromatic N) is 1. The second kappa shape index (κ2) is 8.39. The quantitative estimate of drug-likeness (QED) is 0.465. The van der Waals surface area contributed by atoms with E-state index in [-0.39, 0.29) is 6.42 Å². The molecule has 6 nitrogen and oxygen atoms in total. The van der Waals surface area contributed by atoms with Gasteiger partial charge < -0.3 is 20.1 Å². The number of hydrogen-bond donors (Lipinski definition) is 2. The van der Waals surface area contributed by atoms with Crippen LogP contribution in [0.15, 0.2) is 0 Å². The lowest BCUT2D eigenvalue weighted by molar-refractivity contribution is -0.873. The number of quaternary nitrogens is 1. The number of likely N-dealkylation sites (N-methyl/N-ethyl adjacent to an activating group) is 1. The second-order valence-electron chi connectivity index (χ2n) is 5.52. The molecule has 0 radical (unpaired) electrons. The third-order valence-electron chi connectivity index (χ3n) is 2.37. The topological polar surface area (TPSA) is 89.6 Å². The molecule has 0 aromatic carbocycles. The molecule has 19 heavy (non-hydrogen) atoms. The van der Waals surface area contributed by atoms with Crippen LogP contribution < -0.4 is 5.73 Å². The zero-order valence-corrected chi connectivity index (χ0v) is 12.9. The van der Waals surface area contributed by atoms with Gasteiger partial charge in [-0.15, -0.1) is 0 Å². The summed E-state index contributed by atoms with van der Waals surface area (Å²) in [5.74, 6) is -0.729. The van der Waals surface area contributed by atoms with Gasteiger partial charge in [-0.1, -0.05) is 0 Å². The van der Waals surface area contributed by atoms with Gasteiger partial charge in [-0.3, -0.25) is 9.59 Å². The molecule has 7 heteroatoms. The van der Waals surface area contributed by atoms with Crippen molar-refractivity contribution in [3.05, 3.63) is 0 Å². The molecule has 2 atom stereocenters. The van der Waals surface area contributed by atoms with E-state index in [0.29, 0.717) is 17.4 Å². The van der Waals surface area contributed by atoms with Gasteiger partial charge in [-0.25, -0.2) is 0 Å². The van der Waals surface area contributed by atoms with Crippen molar-refractivity contribution in [2.75, 3.05) is 39.7 Å². The molecule has 0 fully saturated rings. The van der Waals surface area contributed by atoms with Gasteiger partial charge in [0.05, 0.1) is 27.6 Å². The van der Waals surface area contributed by atoms with Crippen LogP contribution in [0.1, 0.15) is 12.8 Å². The first kappa shape index (κ1) is 18.2. The highest BCUT2D eigenvalue weighted by Crippen LogP contribution is 2.08. The first-order valence-electron chi connectivity index (χ1n) is 6.13. The standard InChI is InChI=1S/C12H24N2O4S/c1-14(2,3)8-9(7-11(15)16)18-12(17)10(13)5-6-19-4/h9-10H,5-8,13H2,1-4H3/p+1/t9-,10-/m1/s1. The molecule has 0 aromatic rings. The molecule has 0 spiro atoms. The maximum absolute atomic E-state index is 11.8. The molecule has 0 aliphatic carbocycles. The molecule has 0 amide bonds. The summed E-state index contributed by atoms with van der Waals surface area (Å²) >= 11 is 1.60. The Kier molecular flexibility index (Phi) is 8.05. The zero-order valence-electron chi connectivity index (χ0n) is 12.1. The van der Waals surface area contributed by atoms with Crippen molar-refractivity contribution in [3.8, 4) is 0 Å². The lowest BCUT2D eigenvalue weighted by atomic mass is 10.2. The van der Waals surface area contributed by atoms with Crippen LogP contribution in [-0.4, -0.2) is 73.4 Å². The molecule has 0 heterocycles. The summed E-state index contributed by atoms with van der Waals surface area (Å²) in [6.45, 7) is 0.438. The van der Waals surface area contributed by atoms with Crippen molar-refractivity contribution in [3.63, 3.8) is 0 Å². The van der Waals surface area contributed by atoms with Gasteiger partial charge in [-0.2, -0.15) is 11.8 Å². The van der Waals surface area contributed by atoms with Gasteiger partial charge in [0.2, 0.25) is 0 Å². The van der Waals surface area contributed by atoms with Crippen molar-refractivity contribution < 1.29 is 23.9 Å². The number of rotatable bonds is 9. The summed E-state index contributed by atoms with van der Waals surface area (Å²) in [5.41, 5.74) is 5.71. The lowest BCUT2D eigenvalue weighted by Gasteiger charge is -2.28. The van der Waals surface area contributed by atoms with Crippen LogP contribution in [0, 0.1) is 0 Å². The first-order valence-corrected chi connectivity index (χ1v) is 7.52. The minimum absolute atomic E-state index is 0.198. The van der Waals surface area contributed by atoms with E-state index in [2.05, 4.69) is 0 Å². The van der Waals surface area contributed by atoms with E-state index in [4.69, 9.17) is 15.6 Å². The number of thioether (sulfide) groups is 1. The highest BCUT2D eigenvalue weighted by Gasteiger charge is 2.26. The maximum Gasteiger partial charge on any atom is 0.323 e. The minimum atomic E-state index is -0.982. The van der Waals surface area contributed by atoms with E-state index >= 15 is 0 Å². The molecule has 0 saturated carbocycles. The number of carboxylic acid groups (broad SMARTS) is 1. The fraction of sp³-hybridized carbons (Fsp3) is 0.833. The maximum atomic E-state index is 11.8. The van der Waals surface area contributed by atoms with Gasteiger partial charge in [0, 0.05) is 0 Å². The summed E-state index contributed by atoms with van der Waals surface area (Å²) in [7, 11) is 5.74. The van der Waals surface area contributed by atoms with Gasteiger partial charge in [0.25, 0.3) is 0 Å². The largest absolute Gasteiger partial charge is 0.481 e. The SMILES string of the molecule is CSCC[C@@H](N)C(=O)O[C@H](CC(=O)O)C[N+](C)(C)C. The van der Waals surface area contributed by atoms with Crippen LogP contribution in [0.4, 0.5) is 0 Å². The van der Waals surface area contributed by atoms with Gasteiger partial charge in [-0.05, 0) is 18.4 Å². The van der Waals surface area contributed by atoms with Crippen LogP contribution in [-0.2, 0) is 14.3 Å². The fourth-order valence-electron chi connectivity index (χ4n) is 1.56. The monoisotopic (exact) mass is 293 g/mol. The number of aliphatic carboxylic acids is 1. The Morgan fingerprint density at radius 1 is 1.37 bits per heavy atom. The fourth-order valence-corrected chi connectivity index (χ4v) is 2.05. The molecule has 0 bridgehead atoms. The average Bonchev–Trinajstić information content (AvgIpc) is 2.22. The Labute approximate surface area is 118 Å². The van der Waals surface area contributed by atoms with E-state index < -0.39 is 24.1 Å². The van der Waals surface area contributed by atoms with Crippen molar-refractivity contribution in [1.82, 2.24) is 0 Å². The Bertz CT molecular complexity index is 305. The Morgan fingerprint density at radius 2 is 1.95 bits per heavy atom. The highest BCUT2D eigenvalue weighted by atomic mass is 32.2. The van der Waals surface area contributed by atoms with Crippen molar-refractivity contribution in [2.24, 2.45) is 5.73 Å². The number of esters is 1.